The molecule has 1 heterocycles. The van der Waals surface area contributed by atoms with Gasteiger partial charge in [0.15, 0.2) is 0 Å². The second-order valence-corrected chi connectivity index (χ2v) is 5.04. The van der Waals surface area contributed by atoms with Crippen molar-refractivity contribution in [3.8, 4) is 0 Å². The van der Waals surface area contributed by atoms with Crippen LogP contribution in [0.15, 0.2) is 18.2 Å². The lowest BCUT2D eigenvalue weighted by Crippen LogP contribution is -2.51. The molecule has 7 nitrogen and oxygen atoms in total. The predicted molar refractivity (Wildman–Crippen MR) is 80.7 cm³/mol. The Morgan fingerprint density at radius 3 is 2.52 bits per heavy atom. The zero-order valence-electron chi connectivity index (χ0n) is 12.3. The van der Waals surface area contributed by atoms with Crippen LogP contribution < -0.4 is 10.2 Å². The highest BCUT2D eigenvalue weighted by molar-refractivity contribution is 5.74. The highest BCUT2D eigenvalue weighted by Crippen LogP contribution is 2.25. The molecular formula is C14H20N4O3. The Labute approximate surface area is 123 Å². The molecule has 1 N–H and O–H groups in total. The molecule has 1 aromatic rings. The van der Waals surface area contributed by atoms with Crippen LogP contribution in [-0.4, -0.2) is 48.6 Å². The molecule has 114 valence electrons. The summed E-state index contributed by atoms with van der Waals surface area (Å²) in [6.45, 7) is 7.04. The molecule has 0 aliphatic carbocycles. The summed E-state index contributed by atoms with van der Waals surface area (Å²) in [6, 6.07) is 5.12. The van der Waals surface area contributed by atoms with Crippen LogP contribution in [-0.2, 0) is 0 Å². The summed E-state index contributed by atoms with van der Waals surface area (Å²) in [6.07, 6.45) is 0. The van der Waals surface area contributed by atoms with Gasteiger partial charge in [-0.15, -0.1) is 0 Å². The van der Waals surface area contributed by atoms with Gasteiger partial charge in [-0.25, -0.2) is 4.79 Å². The van der Waals surface area contributed by atoms with E-state index in [4.69, 9.17) is 0 Å². The van der Waals surface area contributed by atoms with Crippen LogP contribution in [0.25, 0.3) is 0 Å². The zero-order valence-corrected chi connectivity index (χ0v) is 12.3. The number of amides is 2. The van der Waals surface area contributed by atoms with E-state index in [2.05, 4.69) is 10.2 Å². The molecule has 0 bridgehead atoms. The number of benzene rings is 1. The lowest BCUT2D eigenvalue weighted by atomic mass is 10.1. The summed E-state index contributed by atoms with van der Waals surface area (Å²) in [7, 11) is 0. The molecule has 1 fully saturated rings. The van der Waals surface area contributed by atoms with E-state index in [-0.39, 0.29) is 16.6 Å². The van der Waals surface area contributed by atoms with Gasteiger partial charge in [0.2, 0.25) is 0 Å². The zero-order chi connectivity index (χ0) is 15.4. The van der Waals surface area contributed by atoms with Crippen molar-refractivity contribution < 1.29 is 9.72 Å². The third kappa shape index (κ3) is 3.42. The molecule has 0 aromatic heterocycles. The number of aryl methyl sites for hydroxylation is 1. The van der Waals surface area contributed by atoms with Crippen molar-refractivity contribution in [3.63, 3.8) is 0 Å². The number of nitro groups is 1. The number of carbonyl (C=O) groups excluding carboxylic acids is 1. The number of hydrogen-bond acceptors (Lipinski definition) is 4. The van der Waals surface area contributed by atoms with Crippen LogP contribution in [0.2, 0.25) is 0 Å². The smallest absolute Gasteiger partial charge is 0.317 e. The quantitative estimate of drug-likeness (QED) is 0.680. The highest BCUT2D eigenvalue weighted by atomic mass is 16.6. The molecular weight excluding hydrogens is 272 g/mol. The predicted octanol–water partition coefficient (Wildman–Crippen LogP) is 1.75. The Kier molecular flexibility index (Phi) is 4.62. The molecule has 0 unspecified atom stereocenters. The van der Waals surface area contributed by atoms with E-state index in [0.29, 0.717) is 25.2 Å². The normalized spacial score (nSPS) is 15.0. The summed E-state index contributed by atoms with van der Waals surface area (Å²) in [4.78, 5) is 26.1. The van der Waals surface area contributed by atoms with E-state index < -0.39 is 0 Å². The van der Waals surface area contributed by atoms with Gasteiger partial charge >= 0.3 is 6.03 Å². The van der Waals surface area contributed by atoms with Crippen molar-refractivity contribution in [1.82, 2.24) is 10.2 Å². The first-order chi connectivity index (χ1) is 10.0. The molecule has 7 heteroatoms. The van der Waals surface area contributed by atoms with Gasteiger partial charge in [0.05, 0.1) is 4.92 Å². The summed E-state index contributed by atoms with van der Waals surface area (Å²) in [5.41, 5.74) is 1.76. The van der Waals surface area contributed by atoms with Gasteiger partial charge in [-0.1, -0.05) is 0 Å². The molecule has 1 aliphatic heterocycles. The highest BCUT2D eigenvalue weighted by Gasteiger charge is 2.21. The van der Waals surface area contributed by atoms with Gasteiger partial charge in [0.1, 0.15) is 0 Å². The van der Waals surface area contributed by atoms with Crippen LogP contribution in [0, 0.1) is 17.0 Å². The van der Waals surface area contributed by atoms with Crippen molar-refractivity contribution in [1.29, 1.82) is 0 Å². The molecule has 2 amide bonds. The minimum absolute atomic E-state index is 0.0305. The van der Waals surface area contributed by atoms with E-state index >= 15 is 0 Å². The van der Waals surface area contributed by atoms with Crippen molar-refractivity contribution >= 4 is 17.4 Å². The number of nitrogens with zero attached hydrogens (tertiary/aromatic N) is 3. The fraction of sp³-hybridized carbons (Fsp3) is 0.500. The second-order valence-electron chi connectivity index (χ2n) is 5.04. The van der Waals surface area contributed by atoms with Crippen molar-refractivity contribution in [2.24, 2.45) is 0 Å². The largest absolute Gasteiger partial charge is 0.368 e. The fourth-order valence-electron chi connectivity index (χ4n) is 2.47. The van der Waals surface area contributed by atoms with Crippen molar-refractivity contribution in [3.05, 3.63) is 33.9 Å². The third-order valence-electron chi connectivity index (χ3n) is 3.64. The lowest BCUT2D eigenvalue weighted by molar-refractivity contribution is -0.385. The van der Waals surface area contributed by atoms with E-state index in [1.54, 1.807) is 24.0 Å². The number of urea groups is 1. The van der Waals surface area contributed by atoms with Crippen LogP contribution in [0.1, 0.15) is 12.5 Å². The van der Waals surface area contributed by atoms with Crippen LogP contribution in [0.4, 0.5) is 16.2 Å². The van der Waals surface area contributed by atoms with Gasteiger partial charge < -0.3 is 15.1 Å². The SMILES string of the molecule is CCNC(=O)N1CCN(c2ccc([N+](=O)[O-])c(C)c2)CC1. The van der Waals surface area contributed by atoms with Gasteiger partial charge in [-0.05, 0) is 26.0 Å². The number of hydrogen-bond donors (Lipinski definition) is 1. The Bertz CT molecular complexity index is 539. The lowest BCUT2D eigenvalue weighted by Gasteiger charge is -2.36. The number of nitrogens with one attached hydrogen (secondary N) is 1. The van der Waals surface area contributed by atoms with E-state index in [9.17, 15) is 14.9 Å². The molecule has 0 atom stereocenters. The number of nitro benzene ring substituents is 1. The maximum Gasteiger partial charge on any atom is 0.317 e. The Balaban J connectivity index is 2.01. The molecule has 21 heavy (non-hydrogen) atoms. The minimum Gasteiger partial charge on any atom is -0.368 e. The van der Waals surface area contributed by atoms with Crippen molar-refractivity contribution in [2.75, 3.05) is 37.6 Å². The Morgan fingerprint density at radius 2 is 2.00 bits per heavy atom. The number of anilines is 1. The van der Waals surface area contributed by atoms with Gasteiger partial charge in [0, 0.05) is 50.0 Å². The molecule has 0 spiro atoms. The first kappa shape index (κ1) is 15.1. The summed E-state index contributed by atoms with van der Waals surface area (Å²) in [5.74, 6) is 0. The molecule has 1 saturated heterocycles. The fourth-order valence-corrected chi connectivity index (χ4v) is 2.47. The van der Waals surface area contributed by atoms with Crippen LogP contribution in [0.5, 0.6) is 0 Å². The topological polar surface area (TPSA) is 78.7 Å². The van der Waals surface area contributed by atoms with Gasteiger partial charge in [-0.2, -0.15) is 0 Å². The Morgan fingerprint density at radius 1 is 1.33 bits per heavy atom. The molecule has 0 saturated carbocycles. The molecule has 1 aliphatic rings. The molecule has 2 rings (SSSR count). The number of carbonyl (C=O) groups is 1. The maximum atomic E-state index is 11.7. The standard InChI is InChI=1S/C14H20N4O3/c1-3-15-14(19)17-8-6-16(7-9-17)12-4-5-13(18(20)21)11(2)10-12/h4-5,10H,3,6-9H2,1-2H3,(H,15,19). The molecule has 0 radical (unpaired) electrons. The van der Waals surface area contributed by atoms with Crippen molar-refractivity contribution in [2.45, 2.75) is 13.8 Å². The average Bonchev–Trinajstić information content (AvgIpc) is 2.47. The summed E-state index contributed by atoms with van der Waals surface area (Å²) in [5, 5.41) is 13.6. The second kappa shape index (κ2) is 6.43. The van der Waals surface area contributed by atoms with Gasteiger partial charge in [-0.3, -0.25) is 10.1 Å². The maximum absolute atomic E-state index is 11.7. The number of piperazine rings is 1. The van der Waals surface area contributed by atoms with Crippen LogP contribution >= 0.6 is 0 Å². The summed E-state index contributed by atoms with van der Waals surface area (Å²) >= 11 is 0. The van der Waals surface area contributed by atoms with E-state index in [0.717, 1.165) is 18.8 Å². The first-order valence-corrected chi connectivity index (χ1v) is 7.05. The monoisotopic (exact) mass is 292 g/mol. The molecule has 1 aromatic carbocycles. The van der Waals surface area contributed by atoms with Gasteiger partial charge in [0.25, 0.3) is 5.69 Å². The van der Waals surface area contributed by atoms with E-state index in [1.807, 2.05) is 13.0 Å². The average molecular weight is 292 g/mol. The summed E-state index contributed by atoms with van der Waals surface area (Å²) < 4.78 is 0. The van der Waals surface area contributed by atoms with E-state index in [1.165, 1.54) is 0 Å². The minimum atomic E-state index is -0.369. The number of rotatable bonds is 3. The third-order valence-corrected chi connectivity index (χ3v) is 3.64. The Hall–Kier alpha value is -2.31. The first-order valence-electron chi connectivity index (χ1n) is 7.05. The van der Waals surface area contributed by atoms with Crippen LogP contribution in [0.3, 0.4) is 0 Å².